The van der Waals surface area contributed by atoms with Crippen molar-refractivity contribution in [3.63, 3.8) is 0 Å². The predicted molar refractivity (Wildman–Crippen MR) is 108 cm³/mol. The van der Waals surface area contributed by atoms with Crippen LogP contribution in [0.2, 0.25) is 0 Å². The van der Waals surface area contributed by atoms with Gasteiger partial charge in [0.1, 0.15) is 5.00 Å². The SMILES string of the molecule is CCOC(=O)c1cc(CC)sc1NC(=O)CC1Sc2ccccc2NC1=O. The first-order valence-electron chi connectivity index (χ1n) is 8.68. The standard InChI is InChI=1S/C19H20N2O4S2/c1-3-11-9-12(19(24)25-4-2)18(26-11)21-16(22)10-15-17(23)20-13-7-5-6-8-14(13)27-15/h5-9,15H,3-4,10H2,1-2H3,(H,20,23)(H,21,22). The van der Waals surface area contributed by atoms with E-state index in [1.165, 1.54) is 23.1 Å². The van der Waals surface area contributed by atoms with Gasteiger partial charge in [-0.2, -0.15) is 0 Å². The number of fused-ring (bicyclic) bond motifs is 1. The fourth-order valence-corrected chi connectivity index (χ4v) is 4.75. The van der Waals surface area contributed by atoms with Crippen molar-refractivity contribution >= 4 is 51.6 Å². The van der Waals surface area contributed by atoms with Crippen molar-refractivity contribution < 1.29 is 19.1 Å². The summed E-state index contributed by atoms with van der Waals surface area (Å²) in [6.07, 6.45) is 0.775. The van der Waals surface area contributed by atoms with Crippen LogP contribution in [0.1, 0.15) is 35.5 Å². The lowest BCUT2D eigenvalue weighted by atomic mass is 10.2. The number of aryl methyl sites for hydroxylation is 1. The molecular weight excluding hydrogens is 384 g/mol. The van der Waals surface area contributed by atoms with Gasteiger partial charge in [0.25, 0.3) is 0 Å². The molecule has 0 saturated carbocycles. The summed E-state index contributed by atoms with van der Waals surface area (Å²) in [5.74, 6) is -0.959. The number of para-hydroxylation sites is 1. The number of esters is 1. The van der Waals surface area contributed by atoms with Crippen molar-refractivity contribution in [2.75, 3.05) is 17.2 Å². The van der Waals surface area contributed by atoms with E-state index in [9.17, 15) is 14.4 Å². The number of hydrogen-bond acceptors (Lipinski definition) is 6. The molecule has 0 bridgehead atoms. The molecule has 27 heavy (non-hydrogen) atoms. The molecule has 1 aromatic heterocycles. The first-order chi connectivity index (χ1) is 13.0. The number of rotatable bonds is 6. The van der Waals surface area contributed by atoms with Crippen LogP contribution in [-0.2, 0) is 20.7 Å². The minimum atomic E-state index is -0.517. The van der Waals surface area contributed by atoms with Gasteiger partial charge < -0.3 is 15.4 Å². The van der Waals surface area contributed by atoms with E-state index in [-0.39, 0.29) is 24.8 Å². The van der Waals surface area contributed by atoms with Crippen LogP contribution in [0, 0.1) is 0 Å². The average Bonchev–Trinajstić information content (AvgIpc) is 3.05. The van der Waals surface area contributed by atoms with E-state index < -0.39 is 11.2 Å². The molecule has 1 aliphatic heterocycles. The maximum absolute atomic E-state index is 12.5. The lowest BCUT2D eigenvalue weighted by molar-refractivity contribution is -0.120. The summed E-state index contributed by atoms with van der Waals surface area (Å²) < 4.78 is 5.06. The van der Waals surface area contributed by atoms with Crippen LogP contribution in [0.3, 0.4) is 0 Å². The topological polar surface area (TPSA) is 84.5 Å². The zero-order valence-electron chi connectivity index (χ0n) is 15.0. The molecule has 8 heteroatoms. The second-order valence-electron chi connectivity index (χ2n) is 5.87. The first kappa shape index (κ1) is 19.4. The third kappa shape index (κ3) is 4.51. The van der Waals surface area contributed by atoms with Crippen LogP contribution in [0.4, 0.5) is 10.7 Å². The van der Waals surface area contributed by atoms with Crippen LogP contribution in [0.5, 0.6) is 0 Å². The highest BCUT2D eigenvalue weighted by Crippen LogP contribution is 2.37. The molecule has 1 atom stereocenters. The quantitative estimate of drug-likeness (QED) is 0.713. The second kappa shape index (κ2) is 8.58. The van der Waals surface area contributed by atoms with Gasteiger partial charge >= 0.3 is 5.97 Å². The third-order valence-electron chi connectivity index (χ3n) is 3.96. The van der Waals surface area contributed by atoms with Gasteiger partial charge in [-0.05, 0) is 31.5 Å². The number of thioether (sulfide) groups is 1. The molecule has 3 rings (SSSR count). The number of thiophene rings is 1. The summed E-state index contributed by atoms with van der Waals surface area (Å²) in [5, 5.41) is 5.56. The lowest BCUT2D eigenvalue weighted by Gasteiger charge is -2.23. The summed E-state index contributed by atoms with van der Waals surface area (Å²) in [6.45, 7) is 3.98. The summed E-state index contributed by atoms with van der Waals surface area (Å²) in [4.78, 5) is 38.8. The number of amides is 2. The third-order valence-corrected chi connectivity index (χ3v) is 6.43. The van der Waals surface area contributed by atoms with Crippen LogP contribution >= 0.6 is 23.1 Å². The van der Waals surface area contributed by atoms with Crippen LogP contribution in [0.15, 0.2) is 35.2 Å². The number of carbonyl (C=O) groups excluding carboxylic acids is 3. The fourth-order valence-electron chi connectivity index (χ4n) is 2.64. The summed E-state index contributed by atoms with van der Waals surface area (Å²) in [7, 11) is 0. The van der Waals surface area contributed by atoms with Gasteiger partial charge in [-0.3, -0.25) is 9.59 Å². The first-order valence-corrected chi connectivity index (χ1v) is 10.4. The molecule has 0 radical (unpaired) electrons. The predicted octanol–water partition coefficient (Wildman–Crippen LogP) is 3.93. The lowest BCUT2D eigenvalue weighted by Crippen LogP contribution is -2.32. The zero-order chi connectivity index (χ0) is 19.4. The number of benzene rings is 1. The number of anilines is 2. The monoisotopic (exact) mass is 404 g/mol. The normalized spacial score (nSPS) is 15.6. The maximum Gasteiger partial charge on any atom is 0.341 e. The Kier molecular flexibility index (Phi) is 6.18. The van der Waals surface area contributed by atoms with Gasteiger partial charge in [0.2, 0.25) is 11.8 Å². The van der Waals surface area contributed by atoms with E-state index in [1.54, 1.807) is 13.0 Å². The summed E-state index contributed by atoms with van der Waals surface area (Å²) in [6, 6.07) is 9.24. The molecule has 0 saturated heterocycles. The number of nitrogens with one attached hydrogen (secondary N) is 2. The fraction of sp³-hybridized carbons (Fsp3) is 0.316. The highest BCUT2D eigenvalue weighted by Gasteiger charge is 2.29. The largest absolute Gasteiger partial charge is 0.462 e. The maximum atomic E-state index is 12.5. The van der Waals surface area contributed by atoms with Crippen molar-refractivity contribution in [2.45, 2.75) is 36.8 Å². The van der Waals surface area contributed by atoms with E-state index >= 15 is 0 Å². The van der Waals surface area contributed by atoms with Crippen molar-refractivity contribution in [2.24, 2.45) is 0 Å². The van der Waals surface area contributed by atoms with Crippen molar-refractivity contribution in [3.05, 3.63) is 40.8 Å². The summed E-state index contributed by atoms with van der Waals surface area (Å²) >= 11 is 2.72. The Bertz CT molecular complexity index is 878. The average molecular weight is 405 g/mol. The van der Waals surface area contributed by atoms with Gasteiger partial charge in [-0.25, -0.2) is 4.79 Å². The number of hydrogen-bond donors (Lipinski definition) is 2. The Morgan fingerprint density at radius 2 is 2.04 bits per heavy atom. The Morgan fingerprint density at radius 3 is 2.78 bits per heavy atom. The minimum absolute atomic E-state index is 0.0203. The Hall–Kier alpha value is -2.32. The summed E-state index contributed by atoms with van der Waals surface area (Å²) in [5.41, 5.74) is 1.12. The number of ether oxygens (including phenoxy) is 1. The van der Waals surface area contributed by atoms with Crippen molar-refractivity contribution in [1.29, 1.82) is 0 Å². The highest BCUT2D eigenvalue weighted by atomic mass is 32.2. The van der Waals surface area contributed by atoms with Crippen LogP contribution < -0.4 is 10.6 Å². The molecule has 2 amide bonds. The van der Waals surface area contributed by atoms with Crippen molar-refractivity contribution in [3.8, 4) is 0 Å². The molecule has 1 aliphatic rings. The molecular formula is C19H20N2O4S2. The molecule has 0 spiro atoms. The molecule has 2 aromatic rings. The van der Waals surface area contributed by atoms with E-state index in [4.69, 9.17) is 4.74 Å². The van der Waals surface area contributed by atoms with Gasteiger partial charge in [-0.1, -0.05) is 19.1 Å². The van der Waals surface area contributed by atoms with E-state index in [1.807, 2.05) is 31.2 Å². The van der Waals surface area contributed by atoms with Gasteiger partial charge in [0.15, 0.2) is 0 Å². The molecule has 6 nitrogen and oxygen atoms in total. The van der Waals surface area contributed by atoms with Gasteiger partial charge in [0, 0.05) is 16.2 Å². The van der Waals surface area contributed by atoms with E-state index in [0.717, 1.165) is 21.9 Å². The molecule has 1 unspecified atom stereocenters. The molecule has 1 aromatic carbocycles. The van der Waals surface area contributed by atoms with Crippen LogP contribution in [-0.4, -0.2) is 29.6 Å². The van der Waals surface area contributed by atoms with Crippen LogP contribution in [0.25, 0.3) is 0 Å². The Balaban J connectivity index is 1.70. The molecule has 2 N–H and O–H groups in total. The molecule has 0 aliphatic carbocycles. The second-order valence-corrected chi connectivity index (χ2v) is 8.26. The molecule has 142 valence electrons. The molecule has 2 heterocycles. The Morgan fingerprint density at radius 1 is 1.26 bits per heavy atom. The van der Waals surface area contributed by atoms with E-state index in [2.05, 4.69) is 10.6 Å². The van der Waals surface area contributed by atoms with E-state index in [0.29, 0.717) is 10.6 Å². The van der Waals surface area contributed by atoms with Gasteiger partial charge in [-0.15, -0.1) is 23.1 Å². The van der Waals surface area contributed by atoms with Crippen molar-refractivity contribution in [1.82, 2.24) is 0 Å². The smallest absolute Gasteiger partial charge is 0.341 e. The highest BCUT2D eigenvalue weighted by molar-refractivity contribution is 8.01. The number of carbonyl (C=O) groups is 3. The molecule has 0 fully saturated rings. The zero-order valence-corrected chi connectivity index (χ0v) is 16.7. The minimum Gasteiger partial charge on any atom is -0.462 e. The van der Waals surface area contributed by atoms with Gasteiger partial charge in [0.05, 0.1) is 23.1 Å². The Labute approximate surface area is 165 Å².